The first kappa shape index (κ1) is 49.6. The highest BCUT2D eigenvalue weighted by Gasteiger charge is 2.40. The number of aryl methyl sites for hydroxylation is 4. The standard InChI is InChI=1S/C23H25FN6O2.C14H17N3.C9H9F2N3O2.CH4.B/c1-13-4-6-17-16(10-13)5-7-18-21(26-12-29(17)18)15(3)27-22-25-9-8-20(28-22)30-19(14(2)24)11-32-23(30)31;1-9-3-5-12-11(7-9)4-6-13-14(10(2)15)16-8-17(12)13;1-5(10)6-4-16-9(15)14(6)7-2-3-12-8(11)13-7;;/h4,6,8-10,12,14-15,19H,5,7,11H2,1-3H3,(H,25,27,28);3,5,7-8,10H,4,6,15H2,1-2H3;2-3,5-6H,4H2,1H3;1H4;/t14-,15-,19+;10-;5-,6+;;/m000../s1. The van der Waals surface area contributed by atoms with Crippen molar-refractivity contribution in [3.8, 4) is 11.4 Å². The molecule has 2 amide bonds. The Morgan fingerprint density at radius 1 is 0.687 bits per heavy atom. The van der Waals surface area contributed by atoms with Crippen LogP contribution < -0.4 is 20.9 Å². The molecule has 67 heavy (non-hydrogen) atoms. The SMILES string of the molecule is C.C[C@H](F)[C@H]1COC(=O)N1c1ccnc(F)n1.Cc1ccc2c(c1)CCc1c([C@H](C)N)ncn1-2.Cc1ccc2c(c1)CCc1c([C@H](C)Nc3nccc(N4C(=O)OC[C@@H]4[C@H](C)F)n3)ncn1-2.[B]. The molecular formula is C47H55BF3N12O4. The van der Waals surface area contributed by atoms with Gasteiger partial charge in [0.2, 0.25) is 5.95 Å². The van der Waals surface area contributed by atoms with E-state index in [1.54, 1.807) is 12.3 Å². The number of hydrogen-bond acceptors (Lipinski definition) is 12. The highest BCUT2D eigenvalue weighted by Crippen LogP contribution is 2.32. The number of alkyl halides is 2. The van der Waals surface area contributed by atoms with Crippen LogP contribution in [-0.2, 0) is 35.2 Å². The van der Waals surface area contributed by atoms with Crippen LogP contribution in [0.5, 0.6) is 0 Å². The van der Waals surface area contributed by atoms with Gasteiger partial charge in [0.05, 0.1) is 30.1 Å². The number of carbonyl (C=O) groups is 2. The van der Waals surface area contributed by atoms with Crippen LogP contribution in [0.1, 0.15) is 92.2 Å². The van der Waals surface area contributed by atoms with Gasteiger partial charge < -0.3 is 29.7 Å². The zero-order chi connectivity index (χ0) is 46.1. The smallest absolute Gasteiger partial charge is 0.416 e. The molecule has 2 aromatic carbocycles. The number of carbonyl (C=O) groups excluding carboxylic acids is 2. The van der Waals surface area contributed by atoms with Crippen molar-refractivity contribution in [2.75, 3.05) is 28.3 Å². The lowest BCUT2D eigenvalue weighted by Crippen LogP contribution is -2.39. The van der Waals surface area contributed by atoms with Crippen LogP contribution >= 0.6 is 0 Å². The minimum Gasteiger partial charge on any atom is -0.447 e. The molecule has 4 aliphatic rings. The zero-order valence-corrected chi connectivity index (χ0v) is 37.5. The number of hydrogen-bond donors (Lipinski definition) is 2. The molecule has 2 fully saturated rings. The van der Waals surface area contributed by atoms with Gasteiger partial charge in [-0.15, -0.1) is 0 Å². The van der Waals surface area contributed by atoms with Gasteiger partial charge in [-0.25, -0.2) is 38.3 Å². The van der Waals surface area contributed by atoms with Gasteiger partial charge in [0.1, 0.15) is 49.3 Å². The largest absolute Gasteiger partial charge is 0.447 e. The Hall–Kier alpha value is -6.83. The Morgan fingerprint density at radius 3 is 1.66 bits per heavy atom. The summed E-state index contributed by atoms with van der Waals surface area (Å²) in [5.41, 5.74) is 18.1. The Labute approximate surface area is 389 Å². The van der Waals surface area contributed by atoms with E-state index < -0.39 is 42.7 Å². The maximum Gasteiger partial charge on any atom is 0.416 e. The minimum atomic E-state index is -1.29. The predicted molar refractivity (Wildman–Crippen MR) is 249 cm³/mol. The molecule has 3 N–H and O–H groups in total. The first-order valence-electron chi connectivity index (χ1n) is 21.5. The van der Waals surface area contributed by atoms with Crippen molar-refractivity contribution in [1.82, 2.24) is 39.0 Å². The van der Waals surface area contributed by atoms with Gasteiger partial charge in [0.15, 0.2) is 0 Å². The van der Waals surface area contributed by atoms with Crippen molar-refractivity contribution in [3.63, 3.8) is 0 Å². The van der Waals surface area contributed by atoms with Crippen LogP contribution in [-0.4, -0.2) is 97.3 Å². The maximum absolute atomic E-state index is 14.0. The molecule has 0 unspecified atom stereocenters. The topological polar surface area (TPSA) is 184 Å². The lowest BCUT2D eigenvalue weighted by atomic mass is 9.98. The van der Waals surface area contributed by atoms with E-state index in [2.05, 4.69) is 94.6 Å². The van der Waals surface area contributed by atoms with Crippen molar-refractivity contribution in [1.29, 1.82) is 0 Å². The molecule has 4 aliphatic heterocycles. The van der Waals surface area contributed by atoms with Gasteiger partial charge in [-0.3, -0.25) is 9.80 Å². The molecule has 4 aromatic heterocycles. The molecule has 0 bridgehead atoms. The Kier molecular flexibility index (Phi) is 15.4. The minimum absolute atomic E-state index is 0. The van der Waals surface area contributed by atoms with E-state index in [0.29, 0.717) is 11.8 Å². The Morgan fingerprint density at radius 2 is 1.16 bits per heavy atom. The highest BCUT2D eigenvalue weighted by atomic mass is 19.1. The number of nitrogens with two attached hydrogens (primary N) is 1. The molecular weight excluding hydrogens is 864 g/mol. The molecule has 6 aromatic rings. The molecule has 10 rings (SSSR count). The summed E-state index contributed by atoms with van der Waals surface area (Å²) in [5, 5.41) is 3.28. The molecule has 6 atom stereocenters. The van der Waals surface area contributed by atoms with E-state index in [-0.39, 0.29) is 47.0 Å². The van der Waals surface area contributed by atoms with Crippen LogP contribution in [0.25, 0.3) is 11.4 Å². The molecule has 2 saturated heterocycles. The first-order chi connectivity index (χ1) is 31.2. The molecule has 8 heterocycles. The number of anilines is 3. The second-order valence-electron chi connectivity index (χ2n) is 16.6. The molecule has 3 radical (unpaired) electrons. The second kappa shape index (κ2) is 20.8. The number of fused-ring (bicyclic) bond motifs is 6. The van der Waals surface area contributed by atoms with Crippen LogP contribution in [0.4, 0.5) is 40.3 Å². The highest BCUT2D eigenvalue weighted by molar-refractivity contribution is 5.90. The zero-order valence-electron chi connectivity index (χ0n) is 37.5. The average Bonchev–Trinajstić information content (AvgIpc) is 4.09. The average molecular weight is 920 g/mol. The third kappa shape index (κ3) is 10.3. The van der Waals surface area contributed by atoms with E-state index in [1.807, 2.05) is 26.5 Å². The summed E-state index contributed by atoms with van der Waals surface area (Å²) in [6.07, 6.45) is 5.62. The number of halogens is 3. The summed E-state index contributed by atoms with van der Waals surface area (Å²) >= 11 is 0. The van der Waals surface area contributed by atoms with Gasteiger partial charge in [-0.2, -0.15) is 14.4 Å². The van der Waals surface area contributed by atoms with Crippen LogP contribution in [0, 0.1) is 19.9 Å². The van der Waals surface area contributed by atoms with E-state index in [1.165, 1.54) is 64.1 Å². The molecule has 351 valence electrons. The summed E-state index contributed by atoms with van der Waals surface area (Å²) in [6.45, 7) is 10.9. The van der Waals surface area contributed by atoms with Crippen LogP contribution in [0.15, 0.2) is 73.6 Å². The van der Waals surface area contributed by atoms with E-state index in [0.717, 1.165) is 53.9 Å². The fourth-order valence-electron chi connectivity index (χ4n) is 8.58. The summed E-state index contributed by atoms with van der Waals surface area (Å²) in [6, 6.07) is 14.4. The predicted octanol–water partition coefficient (Wildman–Crippen LogP) is 7.78. The molecule has 0 saturated carbocycles. The fraction of sp³-hybridized carbons (Fsp3) is 0.404. The number of cyclic esters (lactones) is 2. The number of nitrogens with one attached hydrogen (secondary N) is 1. The van der Waals surface area contributed by atoms with Crippen molar-refractivity contribution in [3.05, 3.63) is 125 Å². The summed E-state index contributed by atoms with van der Waals surface area (Å²) < 4.78 is 54.0. The van der Waals surface area contributed by atoms with Gasteiger partial charge in [-0.05, 0) is 103 Å². The number of nitrogens with zero attached hydrogens (tertiary/aromatic N) is 10. The summed E-state index contributed by atoms with van der Waals surface area (Å²) in [5.74, 6) is 0.654. The second-order valence-corrected chi connectivity index (χ2v) is 16.6. The Balaban J connectivity index is 0.000000179. The lowest BCUT2D eigenvalue weighted by Gasteiger charge is -2.23. The first-order valence-corrected chi connectivity index (χ1v) is 21.5. The number of rotatable bonds is 8. The van der Waals surface area contributed by atoms with Gasteiger partial charge in [0.25, 0.3) is 0 Å². The van der Waals surface area contributed by atoms with Crippen molar-refractivity contribution in [2.45, 2.75) is 111 Å². The quantitative estimate of drug-likeness (QED) is 0.112. The van der Waals surface area contributed by atoms with Crippen molar-refractivity contribution < 1.29 is 32.2 Å². The number of benzene rings is 2. The number of amides is 2. The molecule has 0 aliphatic carbocycles. The van der Waals surface area contributed by atoms with Crippen LogP contribution in [0.3, 0.4) is 0 Å². The third-order valence-electron chi connectivity index (χ3n) is 11.9. The maximum atomic E-state index is 14.0. The van der Waals surface area contributed by atoms with Crippen LogP contribution in [0.2, 0.25) is 0 Å². The van der Waals surface area contributed by atoms with Crippen molar-refractivity contribution in [2.24, 2.45) is 5.73 Å². The number of imidazole rings is 2. The van der Waals surface area contributed by atoms with Gasteiger partial charge >= 0.3 is 18.3 Å². The normalized spacial score (nSPS) is 18.3. The van der Waals surface area contributed by atoms with E-state index in [4.69, 9.17) is 15.2 Å². The Bertz CT molecular complexity index is 2710. The molecule has 20 heteroatoms. The van der Waals surface area contributed by atoms with E-state index in [9.17, 15) is 22.8 Å². The van der Waals surface area contributed by atoms with Gasteiger partial charge in [0, 0.05) is 49.6 Å². The lowest BCUT2D eigenvalue weighted by molar-refractivity contribution is 0.173. The number of ether oxygens (including phenoxy) is 2. The number of aromatic nitrogens is 8. The summed E-state index contributed by atoms with van der Waals surface area (Å²) in [7, 11) is 0. The molecule has 16 nitrogen and oxygen atoms in total. The fourth-order valence-corrected chi connectivity index (χ4v) is 8.58. The van der Waals surface area contributed by atoms with Gasteiger partial charge in [-0.1, -0.05) is 42.8 Å². The molecule has 0 spiro atoms. The van der Waals surface area contributed by atoms with E-state index >= 15 is 0 Å². The summed E-state index contributed by atoms with van der Waals surface area (Å²) in [4.78, 5) is 50.3. The monoisotopic (exact) mass is 919 g/mol. The third-order valence-corrected chi connectivity index (χ3v) is 11.9. The van der Waals surface area contributed by atoms with Crippen molar-refractivity contribution >= 4 is 38.2 Å².